The predicted molar refractivity (Wildman–Crippen MR) is 122 cm³/mol. The molecule has 184 valence electrons. The van der Waals surface area contributed by atoms with Crippen LogP contribution in [0.25, 0.3) is 0 Å². The fourth-order valence-corrected chi connectivity index (χ4v) is 4.26. The van der Waals surface area contributed by atoms with E-state index >= 15 is 0 Å². The highest BCUT2D eigenvalue weighted by molar-refractivity contribution is 7.90. The normalized spacial score (nSPS) is 18.9. The molecule has 0 radical (unpaired) electrons. The van der Waals surface area contributed by atoms with Crippen LogP contribution in [0.4, 0.5) is 10.5 Å². The second kappa shape index (κ2) is 9.27. The molecule has 1 aromatic rings. The van der Waals surface area contributed by atoms with Crippen LogP contribution in [0.2, 0.25) is 0 Å². The van der Waals surface area contributed by atoms with Crippen LogP contribution in [0, 0.1) is 0 Å². The summed E-state index contributed by atoms with van der Waals surface area (Å²) in [6, 6.07) is 4.44. The molecule has 1 aromatic carbocycles. The van der Waals surface area contributed by atoms with Gasteiger partial charge in [-0.2, -0.15) is 10.2 Å². The SMILES string of the molecule is COCCN(C)c1cc(C2=NN(C)C(=O)C2(C)N(O)C(=O)OC(C)(C)C)ccc1S(C)(=O)=O. The standard InChI is InChI=1S/C21H32N4O7S/c1-20(2,3)32-19(27)25(28)21(4)17(22-24(6)18(21)26)14-9-10-16(33(8,29)30)15(13-14)23(5)11-12-31-7/h9-10,13,28H,11-12H2,1-8H3. The van der Waals surface area contributed by atoms with Crippen molar-refractivity contribution in [1.29, 1.82) is 0 Å². The average Bonchev–Trinajstić information content (AvgIpc) is 2.94. The van der Waals surface area contributed by atoms with E-state index in [1.807, 2.05) is 0 Å². The van der Waals surface area contributed by atoms with Gasteiger partial charge in [-0.3, -0.25) is 10.0 Å². The van der Waals surface area contributed by atoms with Gasteiger partial charge in [-0.15, -0.1) is 0 Å². The zero-order valence-electron chi connectivity index (χ0n) is 20.2. The van der Waals surface area contributed by atoms with Crippen LogP contribution < -0.4 is 4.90 Å². The Morgan fingerprint density at radius 1 is 1.30 bits per heavy atom. The molecule has 0 aromatic heterocycles. The number of anilines is 1. The van der Waals surface area contributed by atoms with E-state index < -0.39 is 33.0 Å². The number of carbonyl (C=O) groups excluding carboxylic acids is 2. The molecule has 1 aliphatic heterocycles. The van der Waals surface area contributed by atoms with Crippen LogP contribution in [0.15, 0.2) is 28.2 Å². The quantitative estimate of drug-likeness (QED) is 0.458. The maximum Gasteiger partial charge on any atom is 0.435 e. The number of rotatable bonds is 7. The first-order valence-electron chi connectivity index (χ1n) is 10.2. The van der Waals surface area contributed by atoms with E-state index in [4.69, 9.17) is 9.47 Å². The molecule has 2 rings (SSSR count). The molecule has 33 heavy (non-hydrogen) atoms. The van der Waals surface area contributed by atoms with Gasteiger partial charge >= 0.3 is 6.09 Å². The molecule has 0 saturated carbocycles. The average molecular weight is 485 g/mol. The minimum absolute atomic E-state index is 0.0600. The van der Waals surface area contributed by atoms with E-state index in [1.54, 1.807) is 38.8 Å². The minimum atomic E-state index is -3.58. The molecule has 11 nitrogen and oxygen atoms in total. The van der Waals surface area contributed by atoms with Crippen molar-refractivity contribution < 1.29 is 32.7 Å². The number of likely N-dealkylation sites (N-methyl/N-ethyl adjacent to an activating group) is 2. The smallest absolute Gasteiger partial charge is 0.435 e. The van der Waals surface area contributed by atoms with Crippen molar-refractivity contribution in [2.75, 3.05) is 45.5 Å². The Morgan fingerprint density at radius 2 is 1.91 bits per heavy atom. The number of benzene rings is 1. The van der Waals surface area contributed by atoms with Gasteiger partial charge in [0.1, 0.15) is 11.3 Å². The summed E-state index contributed by atoms with van der Waals surface area (Å²) in [4.78, 5) is 27.4. The van der Waals surface area contributed by atoms with Gasteiger partial charge < -0.3 is 14.4 Å². The maximum atomic E-state index is 13.0. The highest BCUT2D eigenvalue weighted by Gasteiger charge is 2.54. The lowest BCUT2D eigenvalue weighted by Gasteiger charge is -2.33. The molecule has 1 aliphatic rings. The molecule has 0 aliphatic carbocycles. The Kier molecular flexibility index (Phi) is 7.46. The first-order valence-corrected chi connectivity index (χ1v) is 12.1. The number of nitrogens with zero attached hydrogens (tertiary/aromatic N) is 4. The second-order valence-electron chi connectivity index (χ2n) is 9.01. The van der Waals surface area contributed by atoms with Gasteiger partial charge in [-0.25, -0.2) is 18.2 Å². The summed E-state index contributed by atoms with van der Waals surface area (Å²) >= 11 is 0. The molecule has 1 N–H and O–H groups in total. The third-order valence-corrected chi connectivity index (χ3v) is 6.23. The van der Waals surface area contributed by atoms with Crippen molar-refractivity contribution in [3.63, 3.8) is 0 Å². The molecule has 0 bridgehead atoms. The number of hydroxylamine groups is 2. The summed E-state index contributed by atoms with van der Waals surface area (Å²) in [5.74, 6) is -0.660. The highest BCUT2D eigenvalue weighted by Crippen LogP contribution is 2.33. The van der Waals surface area contributed by atoms with Gasteiger partial charge in [0.2, 0.25) is 0 Å². The molecule has 1 heterocycles. The molecule has 0 spiro atoms. The molecule has 0 saturated heterocycles. The van der Waals surface area contributed by atoms with Crippen LogP contribution in [0.1, 0.15) is 33.3 Å². The van der Waals surface area contributed by atoms with Crippen molar-refractivity contribution in [3.05, 3.63) is 23.8 Å². The lowest BCUT2D eigenvalue weighted by Crippen LogP contribution is -2.59. The summed E-state index contributed by atoms with van der Waals surface area (Å²) in [5, 5.41) is 16.2. The largest absolute Gasteiger partial charge is 0.442 e. The van der Waals surface area contributed by atoms with E-state index in [0.717, 1.165) is 11.3 Å². The van der Waals surface area contributed by atoms with Crippen LogP contribution in [0.5, 0.6) is 0 Å². The van der Waals surface area contributed by atoms with Gasteiger partial charge in [0.15, 0.2) is 15.4 Å². The van der Waals surface area contributed by atoms with Gasteiger partial charge in [0.25, 0.3) is 5.91 Å². The van der Waals surface area contributed by atoms with E-state index in [1.165, 1.54) is 33.2 Å². The van der Waals surface area contributed by atoms with E-state index in [-0.39, 0.29) is 15.7 Å². The van der Waals surface area contributed by atoms with Gasteiger partial charge in [-0.05, 0) is 39.8 Å². The van der Waals surface area contributed by atoms with Gasteiger partial charge in [0.05, 0.1) is 17.2 Å². The molecule has 2 amide bonds. The summed E-state index contributed by atoms with van der Waals surface area (Å²) in [7, 11) is 1.06. The fourth-order valence-electron chi connectivity index (χ4n) is 3.35. The summed E-state index contributed by atoms with van der Waals surface area (Å²) < 4.78 is 35.0. The summed E-state index contributed by atoms with van der Waals surface area (Å²) in [5.41, 5.74) is -2.03. The second-order valence-corrected chi connectivity index (χ2v) is 11.0. The van der Waals surface area contributed by atoms with E-state index in [2.05, 4.69) is 5.10 Å². The van der Waals surface area contributed by atoms with Crippen LogP contribution in [-0.2, 0) is 24.1 Å². The van der Waals surface area contributed by atoms with Gasteiger partial charge in [0, 0.05) is 39.6 Å². The Bertz CT molecular complexity index is 1060. The third kappa shape index (κ3) is 5.45. The van der Waals surface area contributed by atoms with E-state index in [0.29, 0.717) is 24.4 Å². The number of sulfone groups is 1. The third-order valence-electron chi connectivity index (χ3n) is 5.09. The molecule has 1 unspecified atom stereocenters. The Morgan fingerprint density at radius 3 is 2.42 bits per heavy atom. The van der Waals surface area contributed by atoms with Crippen LogP contribution >= 0.6 is 0 Å². The lowest BCUT2D eigenvalue weighted by atomic mass is 9.89. The Balaban J connectivity index is 2.62. The molecular weight excluding hydrogens is 452 g/mol. The van der Waals surface area contributed by atoms with Crippen molar-refractivity contribution in [3.8, 4) is 0 Å². The number of hydrogen-bond acceptors (Lipinski definition) is 9. The number of hydrazone groups is 1. The lowest BCUT2D eigenvalue weighted by molar-refractivity contribution is -0.161. The molecule has 12 heteroatoms. The topological polar surface area (TPSA) is 129 Å². The Hall–Kier alpha value is -2.70. The molecular formula is C21H32N4O7S. The maximum absolute atomic E-state index is 13.0. The fraction of sp³-hybridized carbons (Fsp3) is 0.571. The number of methoxy groups -OCH3 is 1. The zero-order valence-corrected chi connectivity index (χ0v) is 21.1. The monoisotopic (exact) mass is 484 g/mol. The summed E-state index contributed by atoms with van der Waals surface area (Å²) in [6.45, 7) is 6.99. The molecule has 0 fully saturated rings. The van der Waals surface area contributed by atoms with Crippen LogP contribution in [0.3, 0.4) is 0 Å². The van der Waals surface area contributed by atoms with Crippen molar-refractivity contribution in [2.45, 2.75) is 43.7 Å². The highest BCUT2D eigenvalue weighted by atomic mass is 32.2. The number of hydrogen-bond donors (Lipinski definition) is 1. The van der Waals surface area contributed by atoms with Gasteiger partial charge in [-0.1, -0.05) is 6.07 Å². The van der Waals surface area contributed by atoms with Crippen molar-refractivity contribution >= 4 is 33.2 Å². The van der Waals surface area contributed by atoms with Crippen LogP contribution in [-0.4, -0.2) is 93.2 Å². The minimum Gasteiger partial charge on any atom is -0.442 e. The number of ether oxygens (including phenoxy) is 2. The molecule has 1 atom stereocenters. The summed E-state index contributed by atoms with van der Waals surface area (Å²) in [6.07, 6.45) is -0.0196. The number of amides is 2. The predicted octanol–water partition coefficient (Wildman–Crippen LogP) is 1.73. The zero-order chi connectivity index (χ0) is 25.4. The first kappa shape index (κ1) is 26.6. The Labute approximate surface area is 194 Å². The van der Waals surface area contributed by atoms with Crippen molar-refractivity contribution in [2.24, 2.45) is 5.10 Å². The number of carbonyl (C=O) groups is 2. The van der Waals surface area contributed by atoms with E-state index in [9.17, 15) is 23.2 Å². The first-order chi connectivity index (χ1) is 15.0. The van der Waals surface area contributed by atoms with Crippen molar-refractivity contribution in [1.82, 2.24) is 10.1 Å².